The molecule has 0 bridgehead atoms. The normalized spacial score (nSPS) is 15.0. The summed E-state index contributed by atoms with van der Waals surface area (Å²) in [6.45, 7) is 5.71. The smallest absolute Gasteiger partial charge is 0.379 e. The summed E-state index contributed by atoms with van der Waals surface area (Å²) in [5.74, 6) is -1.31. The number of rotatable bonds is 4. The van der Waals surface area contributed by atoms with Crippen molar-refractivity contribution < 1.29 is 14.3 Å². The van der Waals surface area contributed by atoms with Gasteiger partial charge in [0.1, 0.15) is 0 Å². The Balaban J connectivity index is 2.32. The third-order valence-corrected chi connectivity index (χ3v) is 3.55. The Bertz CT molecular complexity index is 504. The number of carbonyl (C=O) groups excluding carboxylic acids is 2. The molecule has 0 radical (unpaired) electrons. The van der Waals surface area contributed by atoms with E-state index in [1.54, 1.807) is 13.0 Å². The average Bonchev–Trinajstić information content (AvgIpc) is 2.47. The largest absolute Gasteiger partial charge is 0.460 e. The molecule has 0 aliphatic carbocycles. The highest BCUT2D eigenvalue weighted by Crippen LogP contribution is 2.26. The molecule has 0 amide bonds. The highest BCUT2D eigenvalue weighted by atomic mass is 16.5. The van der Waals surface area contributed by atoms with Crippen molar-refractivity contribution in [3.05, 3.63) is 29.3 Å². The van der Waals surface area contributed by atoms with Crippen LogP contribution in [0.5, 0.6) is 0 Å². The summed E-state index contributed by atoms with van der Waals surface area (Å²) in [7, 11) is 0. The zero-order valence-electron chi connectivity index (χ0n) is 12.1. The zero-order valence-corrected chi connectivity index (χ0v) is 12.1. The Kier molecular flexibility index (Phi) is 4.77. The number of carbonyl (C=O) groups is 2. The zero-order chi connectivity index (χ0) is 14.5. The molecule has 2 rings (SSSR count). The van der Waals surface area contributed by atoms with E-state index < -0.39 is 11.8 Å². The lowest BCUT2D eigenvalue weighted by Crippen LogP contribution is -2.31. The predicted octanol–water partition coefficient (Wildman–Crippen LogP) is 2.73. The minimum atomic E-state index is -0.767. The molecule has 0 spiro atoms. The molecule has 0 aromatic heterocycles. The molecule has 1 heterocycles. The number of hydrogen-bond acceptors (Lipinski definition) is 4. The Morgan fingerprint density at radius 2 is 1.90 bits per heavy atom. The van der Waals surface area contributed by atoms with Crippen LogP contribution in [0.4, 0.5) is 5.69 Å². The molecule has 0 saturated carbocycles. The Labute approximate surface area is 119 Å². The fourth-order valence-electron chi connectivity index (χ4n) is 2.55. The van der Waals surface area contributed by atoms with Gasteiger partial charge in [-0.1, -0.05) is 11.6 Å². The highest BCUT2D eigenvalue weighted by Gasteiger charge is 2.24. The second kappa shape index (κ2) is 6.55. The summed E-state index contributed by atoms with van der Waals surface area (Å²) in [6.07, 6.45) is 3.48. The molecule has 1 aliphatic heterocycles. The molecule has 1 aromatic carbocycles. The number of ketones is 1. The number of anilines is 1. The van der Waals surface area contributed by atoms with E-state index >= 15 is 0 Å². The fraction of sp³-hybridized carbons (Fsp3) is 0.500. The van der Waals surface area contributed by atoms with E-state index in [9.17, 15) is 9.59 Å². The summed E-state index contributed by atoms with van der Waals surface area (Å²) in [5.41, 5.74) is 2.29. The van der Waals surface area contributed by atoms with Crippen molar-refractivity contribution in [1.82, 2.24) is 0 Å². The van der Waals surface area contributed by atoms with E-state index in [0.29, 0.717) is 5.56 Å². The van der Waals surface area contributed by atoms with Crippen LogP contribution in [0.25, 0.3) is 0 Å². The van der Waals surface area contributed by atoms with E-state index in [1.165, 1.54) is 6.42 Å². The molecule has 1 aromatic rings. The van der Waals surface area contributed by atoms with Gasteiger partial charge < -0.3 is 9.64 Å². The first kappa shape index (κ1) is 14.6. The van der Waals surface area contributed by atoms with Gasteiger partial charge in [0, 0.05) is 18.8 Å². The quantitative estimate of drug-likeness (QED) is 0.481. The van der Waals surface area contributed by atoms with Crippen LogP contribution in [0.2, 0.25) is 0 Å². The van der Waals surface area contributed by atoms with Gasteiger partial charge in [0.05, 0.1) is 12.2 Å². The van der Waals surface area contributed by atoms with Crippen LogP contribution in [-0.4, -0.2) is 31.4 Å². The number of aryl methyl sites for hydroxylation is 1. The predicted molar refractivity (Wildman–Crippen MR) is 78.2 cm³/mol. The van der Waals surface area contributed by atoms with E-state index in [-0.39, 0.29) is 6.61 Å². The number of ether oxygens (including phenoxy) is 1. The van der Waals surface area contributed by atoms with Crippen molar-refractivity contribution >= 4 is 17.4 Å². The van der Waals surface area contributed by atoms with Gasteiger partial charge in [-0.3, -0.25) is 4.79 Å². The number of Topliss-reactive ketones (excluding diaryl/α,β-unsaturated/α-hetero) is 1. The van der Waals surface area contributed by atoms with Crippen molar-refractivity contribution in [1.29, 1.82) is 0 Å². The Hall–Kier alpha value is -1.84. The second-order valence-corrected chi connectivity index (χ2v) is 5.12. The molecular formula is C16H21NO3. The van der Waals surface area contributed by atoms with Crippen molar-refractivity contribution in [2.75, 3.05) is 24.6 Å². The lowest BCUT2D eigenvalue weighted by molar-refractivity contribution is -0.137. The van der Waals surface area contributed by atoms with Crippen molar-refractivity contribution in [3.8, 4) is 0 Å². The number of hydrogen-bond donors (Lipinski definition) is 0. The highest BCUT2D eigenvalue weighted by molar-refractivity contribution is 6.41. The van der Waals surface area contributed by atoms with E-state index in [0.717, 1.165) is 37.2 Å². The van der Waals surface area contributed by atoms with Crippen LogP contribution in [0, 0.1) is 6.92 Å². The van der Waals surface area contributed by atoms with E-state index in [4.69, 9.17) is 4.74 Å². The monoisotopic (exact) mass is 275 g/mol. The molecule has 0 atom stereocenters. The molecular weight excluding hydrogens is 254 g/mol. The van der Waals surface area contributed by atoms with Crippen molar-refractivity contribution in [2.45, 2.75) is 33.1 Å². The molecule has 4 heteroatoms. The van der Waals surface area contributed by atoms with Crippen LogP contribution in [0.15, 0.2) is 18.2 Å². The van der Waals surface area contributed by atoms with Gasteiger partial charge in [-0.05, 0) is 45.2 Å². The first-order valence-corrected chi connectivity index (χ1v) is 7.20. The van der Waals surface area contributed by atoms with Gasteiger partial charge >= 0.3 is 5.97 Å². The van der Waals surface area contributed by atoms with Gasteiger partial charge in [0.2, 0.25) is 0 Å². The lowest BCUT2D eigenvalue weighted by Gasteiger charge is -2.30. The Morgan fingerprint density at radius 3 is 2.55 bits per heavy atom. The van der Waals surface area contributed by atoms with Gasteiger partial charge in [-0.25, -0.2) is 4.79 Å². The minimum absolute atomic E-state index is 0.218. The number of esters is 1. The van der Waals surface area contributed by atoms with E-state index in [1.807, 2.05) is 19.1 Å². The first-order chi connectivity index (χ1) is 9.63. The molecule has 4 nitrogen and oxygen atoms in total. The summed E-state index contributed by atoms with van der Waals surface area (Å²) >= 11 is 0. The summed E-state index contributed by atoms with van der Waals surface area (Å²) < 4.78 is 4.83. The SMILES string of the molecule is CCOC(=O)C(=O)c1cc(C)ccc1N1CCCCC1. The number of piperidine rings is 1. The van der Waals surface area contributed by atoms with Crippen LogP contribution < -0.4 is 4.90 Å². The Morgan fingerprint density at radius 1 is 1.20 bits per heavy atom. The molecule has 20 heavy (non-hydrogen) atoms. The minimum Gasteiger partial charge on any atom is -0.460 e. The summed E-state index contributed by atoms with van der Waals surface area (Å²) in [5, 5.41) is 0. The van der Waals surface area contributed by atoms with Crippen molar-refractivity contribution in [3.63, 3.8) is 0 Å². The third-order valence-electron chi connectivity index (χ3n) is 3.55. The average molecular weight is 275 g/mol. The standard InChI is InChI=1S/C16H21NO3/c1-3-20-16(19)15(18)13-11-12(2)7-8-14(13)17-9-5-4-6-10-17/h7-8,11H,3-6,9-10H2,1-2H3. The number of nitrogens with zero attached hydrogens (tertiary/aromatic N) is 1. The maximum Gasteiger partial charge on any atom is 0.379 e. The summed E-state index contributed by atoms with van der Waals surface area (Å²) in [4.78, 5) is 26.1. The molecule has 1 aliphatic rings. The van der Waals surface area contributed by atoms with Crippen LogP contribution >= 0.6 is 0 Å². The summed E-state index contributed by atoms with van der Waals surface area (Å²) in [6, 6.07) is 5.70. The van der Waals surface area contributed by atoms with Gasteiger partial charge in [0.15, 0.2) is 0 Å². The maximum atomic E-state index is 12.2. The maximum absolute atomic E-state index is 12.2. The second-order valence-electron chi connectivity index (χ2n) is 5.12. The first-order valence-electron chi connectivity index (χ1n) is 7.20. The third kappa shape index (κ3) is 3.18. The van der Waals surface area contributed by atoms with Crippen LogP contribution in [0.3, 0.4) is 0 Å². The van der Waals surface area contributed by atoms with Crippen molar-refractivity contribution in [2.24, 2.45) is 0 Å². The van der Waals surface area contributed by atoms with Crippen LogP contribution in [0.1, 0.15) is 42.1 Å². The van der Waals surface area contributed by atoms with Gasteiger partial charge in [-0.15, -0.1) is 0 Å². The molecule has 0 N–H and O–H groups in total. The van der Waals surface area contributed by atoms with E-state index in [2.05, 4.69) is 4.90 Å². The number of benzene rings is 1. The van der Waals surface area contributed by atoms with Gasteiger partial charge in [0.25, 0.3) is 5.78 Å². The van der Waals surface area contributed by atoms with Gasteiger partial charge in [-0.2, -0.15) is 0 Å². The molecule has 0 unspecified atom stereocenters. The molecule has 1 saturated heterocycles. The fourth-order valence-corrected chi connectivity index (χ4v) is 2.55. The van der Waals surface area contributed by atoms with Crippen LogP contribution in [-0.2, 0) is 9.53 Å². The lowest BCUT2D eigenvalue weighted by atomic mass is 10.0. The molecule has 108 valence electrons. The topological polar surface area (TPSA) is 46.6 Å². The molecule has 1 fully saturated rings.